The van der Waals surface area contributed by atoms with E-state index in [4.69, 9.17) is 23.2 Å². The lowest BCUT2D eigenvalue weighted by Crippen LogP contribution is -2.19. The molecular formula is C14H12Cl2N2OS. The summed E-state index contributed by atoms with van der Waals surface area (Å²) >= 11 is 13.5. The maximum Gasteiger partial charge on any atom is 0.244 e. The van der Waals surface area contributed by atoms with Crippen LogP contribution < -0.4 is 5.32 Å². The Bertz CT molecular complexity index is 652. The number of halogens is 2. The minimum atomic E-state index is -0.188. The largest absolute Gasteiger partial charge is 0.348 e. The highest BCUT2D eigenvalue weighted by Gasteiger charge is 2.03. The predicted octanol–water partition coefficient (Wildman–Crippen LogP) is 4.09. The molecule has 0 radical (unpaired) electrons. The van der Waals surface area contributed by atoms with Gasteiger partial charge < -0.3 is 5.32 Å². The zero-order valence-corrected chi connectivity index (χ0v) is 13.0. The molecule has 0 aliphatic rings. The van der Waals surface area contributed by atoms with E-state index in [1.807, 2.05) is 6.92 Å². The van der Waals surface area contributed by atoms with Gasteiger partial charge >= 0.3 is 0 Å². The summed E-state index contributed by atoms with van der Waals surface area (Å²) in [6.45, 7) is 2.40. The number of rotatable bonds is 4. The molecule has 3 nitrogen and oxygen atoms in total. The van der Waals surface area contributed by atoms with Gasteiger partial charge in [-0.25, -0.2) is 4.98 Å². The van der Waals surface area contributed by atoms with E-state index in [1.54, 1.807) is 41.8 Å². The van der Waals surface area contributed by atoms with Crippen LogP contribution in [0.1, 0.15) is 15.4 Å². The molecule has 2 rings (SSSR count). The Morgan fingerprint density at radius 1 is 1.45 bits per heavy atom. The van der Waals surface area contributed by atoms with Gasteiger partial charge in [0, 0.05) is 17.2 Å². The fraction of sp³-hybridized carbons (Fsp3) is 0.143. The van der Waals surface area contributed by atoms with Crippen LogP contribution in [0.3, 0.4) is 0 Å². The third-order valence-electron chi connectivity index (χ3n) is 2.50. The summed E-state index contributed by atoms with van der Waals surface area (Å²) in [7, 11) is 0. The van der Waals surface area contributed by atoms with E-state index in [0.717, 1.165) is 9.88 Å². The highest BCUT2D eigenvalue weighted by molar-refractivity contribution is 7.11. The van der Waals surface area contributed by atoms with Crippen LogP contribution in [0, 0.1) is 6.92 Å². The molecule has 0 unspecified atom stereocenters. The molecule has 20 heavy (non-hydrogen) atoms. The van der Waals surface area contributed by atoms with Gasteiger partial charge in [-0.3, -0.25) is 4.79 Å². The van der Waals surface area contributed by atoms with Gasteiger partial charge in [0.25, 0.3) is 0 Å². The maximum atomic E-state index is 11.7. The van der Waals surface area contributed by atoms with Gasteiger partial charge in [-0.1, -0.05) is 35.3 Å². The third-order valence-corrected chi connectivity index (χ3v) is 4.25. The van der Waals surface area contributed by atoms with Crippen molar-refractivity contribution in [3.63, 3.8) is 0 Å². The monoisotopic (exact) mass is 326 g/mol. The molecule has 0 saturated heterocycles. The molecule has 0 aliphatic heterocycles. The van der Waals surface area contributed by atoms with Crippen molar-refractivity contribution in [3.8, 4) is 0 Å². The first-order valence-electron chi connectivity index (χ1n) is 5.87. The smallest absolute Gasteiger partial charge is 0.244 e. The quantitative estimate of drug-likeness (QED) is 0.860. The van der Waals surface area contributed by atoms with Crippen molar-refractivity contribution < 1.29 is 4.79 Å². The molecule has 1 aromatic carbocycles. The Kier molecular flexibility index (Phi) is 5.17. The molecule has 0 atom stereocenters. The summed E-state index contributed by atoms with van der Waals surface area (Å²) in [5.74, 6) is -0.188. The van der Waals surface area contributed by atoms with Crippen molar-refractivity contribution in [2.45, 2.75) is 13.5 Å². The predicted molar refractivity (Wildman–Crippen MR) is 84.2 cm³/mol. The number of aromatic nitrogens is 1. The fourth-order valence-corrected chi connectivity index (χ4v) is 2.64. The van der Waals surface area contributed by atoms with Crippen molar-refractivity contribution in [2.24, 2.45) is 0 Å². The lowest BCUT2D eigenvalue weighted by molar-refractivity contribution is -0.116. The lowest BCUT2D eigenvalue weighted by atomic mass is 10.2. The second kappa shape index (κ2) is 6.88. The highest BCUT2D eigenvalue weighted by atomic mass is 35.5. The average molecular weight is 327 g/mol. The number of hydrogen-bond acceptors (Lipinski definition) is 3. The van der Waals surface area contributed by atoms with Crippen LogP contribution in [0.5, 0.6) is 0 Å². The Morgan fingerprint density at radius 2 is 2.25 bits per heavy atom. The third kappa shape index (κ3) is 4.07. The Morgan fingerprint density at radius 3 is 2.95 bits per heavy atom. The molecule has 0 fully saturated rings. The summed E-state index contributed by atoms with van der Waals surface area (Å²) in [5.41, 5.74) is 0.711. The first-order chi connectivity index (χ1) is 9.56. The van der Waals surface area contributed by atoms with Gasteiger partial charge in [0.15, 0.2) is 0 Å². The number of aryl methyl sites for hydroxylation is 1. The van der Waals surface area contributed by atoms with Crippen molar-refractivity contribution in [1.29, 1.82) is 0 Å². The van der Waals surface area contributed by atoms with Crippen LogP contribution in [-0.2, 0) is 11.3 Å². The number of carbonyl (C=O) groups excluding carboxylic acids is 1. The molecule has 104 valence electrons. The van der Waals surface area contributed by atoms with E-state index in [1.165, 1.54) is 6.08 Å². The molecular weight excluding hydrogens is 315 g/mol. The number of amides is 1. The molecule has 0 saturated carbocycles. The summed E-state index contributed by atoms with van der Waals surface area (Å²) < 4.78 is 0. The van der Waals surface area contributed by atoms with Crippen molar-refractivity contribution in [1.82, 2.24) is 10.3 Å². The summed E-state index contributed by atoms with van der Waals surface area (Å²) in [4.78, 5) is 16.8. The van der Waals surface area contributed by atoms with Crippen molar-refractivity contribution in [3.05, 3.63) is 56.0 Å². The van der Waals surface area contributed by atoms with Gasteiger partial charge in [0.2, 0.25) is 5.91 Å². The van der Waals surface area contributed by atoms with Crippen LogP contribution in [0.4, 0.5) is 0 Å². The maximum absolute atomic E-state index is 11.7. The van der Waals surface area contributed by atoms with Gasteiger partial charge in [0.1, 0.15) is 0 Å². The number of nitrogens with zero attached hydrogens (tertiary/aromatic N) is 1. The minimum Gasteiger partial charge on any atom is -0.348 e. The molecule has 1 aromatic heterocycles. The van der Waals surface area contributed by atoms with Crippen molar-refractivity contribution in [2.75, 3.05) is 0 Å². The van der Waals surface area contributed by atoms with E-state index >= 15 is 0 Å². The van der Waals surface area contributed by atoms with Gasteiger partial charge in [-0.2, -0.15) is 0 Å². The second-order valence-corrected chi connectivity index (χ2v) is 6.14. The van der Waals surface area contributed by atoms with E-state index in [0.29, 0.717) is 22.2 Å². The summed E-state index contributed by atoms with van der Waals surface area (Å²) in [5, 5.41) is 4.68. The second-order valence-electron chi connectivity index (χ2n) is 4.04. The number of carbonyl (C=O) groups is 1. The van der Waals surface area contributed by atoms with E-state index < -0.39 is 0 Å². The SMILES string of the molecule is Cc1ncc(CNC(=O)C=Cc2cccc(Cl)c2Cl)s1. The van der Waals surface area contributed by atoms with Gasteiger partial charge in [0.05, 0.1) is 21.6 Å². The Labute approximate surface area is 131 Å². The molecule has 1 N–H and O–H groups in total. The van der Waals surface area contributed by atoms with Crippen LogP contribution in [0.15, 0.2) is 30.5 Å². The number of benzene rings is 1. The number of hydrogen-bond donors (Lipinski definition) is 1. The first-order valence-corrected chi connectivity index (χ1v) is 7.45. The van der Waals surface area contributed by atoms with Gasteiger partial charge in [-0.05, 0) is 24.6 Å². The molecule has 1 amide bonds. The van der Waals surface area contributed by atoms with E-state index in [2.05, 4.69) is 10.3 Å². The molecule has 6 heteroatoms. The Balaban J connectivity index is 1.94. The van der Waals surface area contributed by atoms with Crippen LogP contribution >= 0.6 is 34.5 Å². The van der Waals surface area contributed by atoms with Crippen LogP contribution in [0.25, 0.3) is 6.08 Å². The molecule has 1 heterocycles. The average Bonchev–Trinajstić information content (AvgIpc) is 2.84. The molecule has 0 spiro atoms. The first kappa shape index (κ1) is 15.0. The number of thiazole rings is 1. The fourth-order valence-electron chi connectivity index (χ4n) is 1.53. The zero-order valence-electron chi connectivity index (χ0n) is 10.7. The Hall–Kier alpha value is -1.36. The molecule has 0 bridgehead atoms. The van der Waals surface area contributed by atoms with E-state index in [9.17, 15) is 4.79 Å². The topological polar surface area (TPSA) is 42.0 Å². The standard InChI is InChI=1S/C14H12Cl2N2OS/c1-9-17-7-11(20-9)8-18-13(19)6-5-10-3-2-4-12(15)14(10)16/h2-7H,8H2,1H3,(H,18,19). The highest BCUT2D eigenvalue weighted by Crippen LogP contribution is 2.26. The molecule has 0 aliphatic carbocycles. The molecule has 2 aromatic rings. The lowest BCUT2D eigenvalue weighted by Gasteiger charge is -2.01. The van der Waals surface area contributed by atoms with Crippen LogP contribution in [0.2, 0.25) is 10.0 Å². The van der Waals surface area contributed by atoms with Crippen LogP contribution in [-0.4, -0.2) is 10.9 Å². The summed E-state index contributed by atoms with van der Waals surface area (Å²) in [6, 6.07) is 5.28. The van der Waals surface area contributed by atoms with Gasteiger partial charge in [-0.15, -0.1) is 11.3 Å². The summed E-state index contributed by atoms with van der Waals surface area (Å²) in [6.07, 6.45) is 4.84. The zero-order chi connectivity index (χ0) is 14.5. The number of nitrogens with one attached hydrogen (secondary N) is 1. The van der Waals surface area contributed by atoms with E-state index in [-0.39, 0.29) is 5.91 Å². The normalized spacial score (nSPS) is 10.9. The minimum absolute atomic E-state index is 0.188. The van der Waals surface area contributed by atoms with Crippen molar-refractivity contribution >= 4 is 46.5 Å².